The molecule has 1 aromatic rings. The lowest BCUT2D eigenvalue weighted by atomic mass is 9.99. The van der Waals surface area contributed by atoms with Crippen molar-refractivity contribution in [2.75, 3.05) is 6.54 Å². The molecule has 1 aliphatic rings. The van der Waals surface area contributed by atoms with Crippen LogP contribution in [0.3, 0.4) is 0 Å². The minimum absolute atomic E-state index is 0. The molecule has 0 saturated carbocycles. The molecule has 0 bridgehead atoms. The molecule has 1 fully saturated rings. The Morgan fingerprint density at radius 1 is 1.41 bits per heavy atom. The fourth-order valence-electron chi connectivity index (χ4n) is 2.69. The number of piperidine rings is 1. The molecule has 5 heteroatoms. The van der Waals surface area contributed by atoms with Crippen molar-refractivity contribution in [3.63, 3.8) is 0 Å². The van der Waals surface area contributed by atoms with Crippen molar-refractivity contribution in [3.8, 4) is 5.75 Å². The number of hydrogen-bond acceptors (Lipinski definition) is 3. The molecule has 2 unspecified atom stereocenters. The Bertz CT molecular complexity index is 479. The smallest absolute Gasteiger partial charge is 0.224 e. The van der Waals surface area contributed by atoms with E-state index in [2.05, 4.69) is 17.6 Å². The van der Waals surface area contributed by atoms with Crippen LogP contribution in [0.25, 0.3) is 0 Å². The SMILES string of the molecule is CC(C)Oc1ccccc1CC(=O)NC1CCCNC1C.Cl. The first-order chi connectivity index (χ1) is 10.1. The topological polar surface area (TPSA) is 50.4 Å². The minimum Gasteiger partial charge on any atom is -0.491 e. The molecule has 0 radical (unpaired) electrons. The normalized spacial score (nSPS) is 21.1. The summed E-state index contributed by atoms with van der Waals surface area (Å²) >= 11 is 0. The van der Waals surface area contributed by atoms with Crippen LogP contribution in [0, 0.1) is 0 Å². The van der Waals surface area contributed by atoms with Crippen LogP contribution in [0.1, 0.15) is 39.2 Å². The number of nitrogens with one attached hydrogen (secondary N) is 2. The first kappa shape index (κ1) is 18.8. The van der Waals surface area contributed by atoms with E-state index in [1.54, 1.807) is 0 Å². The summed E-state index contributed by atoms with van der Waals surface area (Å²) in [5.74, 6) is 0.868. The summed E-state index contributed by atoms with van der Waals surface area (Å²) in [5, 5.41) is 6.54. The molecule has 124 valence electrons. The van der Waals surface area contributed by atoms with Crippen LogP contribution in [0.15, 0.2) is 24.3 Å². The Morgan fingerprint density at radius 3 is 2.82 bits per heavy atom. The van der Waals surface area contributed by atoms with Gasteiger partial charge in [0.25, 0.3) is 0 Å². The average molecular weight is 327 g/mol. The number of hydrogen-bond donors (Lipinski definition) is 2. The molecule has 2 N–H and O–H groups in total. The predicted molar refractivity (Wildman–Crippen MR) is 91.8 cm³/mol. The predicted octanol–water partition coefficient (Wildman–Crippen LogP) is 2.69. The maximum Gasteiger partial charge on any atom is 0.224 e. The summed E-state index contributed by atoms with van der Waals surface area (Å²) in [4.78, 5) is 12.3. The summed E-state index contributed by atoms with van der Waals surface area (Å²) in [6.07, 6.45) is 2.63. The Balaban J connectivity index is 0.00000242. The lowest BCUT2D eigenvalue weighted by molar-refractivity contribution is -0.121. The fourth-order valence-corrected chi connectivity index (χ4v) is 2.69. The monoisotopic (exact) mass is 326 g/mol. The summed E-state index contributed by atoms with van der Waals surface area (Å²) in [7, 11) is 0. The van der Waals surface area contributed by atoms with E-state index < -0.39 is 0 Å². The molecule has 2 rings (SSSR count). The standard InChI is InChI=1S/C17H26N2O2.ClH/c1-12(2)21-16-9-5-4-7-14(16)11-17(20)19-15-8-6-10-18-13(15)3;/h4-5,7,9,12-13,15,18H,6,8,10-11H2,1-3H3,(H,19,20);1H. The molecule has 0 spiro atoms. The molecule has 1 saturated heterocycles. The zero-order chi connectivity index (χ0) is 15.2. The quantitative estimate of drug-likeness (QED) is 0.874. The van der Waals surface area contributed by atoms with Gasteiger partial charge in [0.05, 0.1) is 12.5 Å². The van der Waals surface area contributed by atoms with Gasteiger partial charge < -0.3 is 15.4 Å². The zero-order valence-electron chi connectivity index (χ0n) is 13.6. The highest BCUT2D eigenvalue weighted by Gasteiger charge is 2.22. The number of amides is 1. The van der Waals surface area contributed by atoms with Crippen molar-refractivity contribution in [1.29, 1.82) is 0 Å². The maximum absolute atomic E-state index is 12.3. The molecular formula is C17H27ClN2O2. The third kappa shape index (κ3) is 5.50. The Morgan fingerprint density at radius 2 is 2.14 bits per heavy atom. The maximum atomic E-state index is 12.3. The summed E-state index contributed by atoms with van der Waals surface area (Å²) in [6.45, 7) is 7.15. The van der Waals surface area contributed by atoms with Gasteiger partial charge >= 0.3 is 0 Å². The van der Waals surface area contributed by atoms with Gasteiger partial charge in [-0.2, -0.15) is 0 Å². The molecule has 0 aromatic heterocycles. The van der Waals surface area contributed by atoms with Crippen molar-refractivity contribution in [2.45, 2.75) is 58.2 Å². The molecule has 4 nitrogen and oxygen atoms in total. The van der Waals surface area contributed by atoms with E-state index in [0.717, 1.165) is 30.7 Å². The molecule has 0 aliphatic carbocycles. The number of ether oxygens (including phenoxy) is 1. The first-order valence-corrected chi connectivity index (χ1v) is 7.83. The number of para-hydroxylation sites is 1. The largest absolute Gasteiger partial charge is 0.491 e. The van der Waals surface area contributed by atoms with E-state index in [1.165, 1.54) is 0 Å². The average Bonchev–Trinajstić information content (AvgIpc) is 2.43. The molecule has 2 atom stereocenters. The van der Waals surface area contributed by atoms with Crippen molar-refractivity contribution < 1.29 is 9.53 Å². The van der Waals surface area contributed by atoms with Gasteiger partial charge in [-0.3, -0.25) is 4.79 Å². The van der Waals surface area contributed by atoms with Crippen LogP contribution in [-0.2, 0) is 11.2 Å². The second-order valence-electron chi connectivity index (χ2n) is 6.01. The summed E-state index contributed by atoms with van der Waals surface area (Å²) in [6, 6.07) is 8.33. The fraction of sp³-hybridized carbons (Fsp3) is 0.588. The van der Waals surface area contributed by atoms with E-state index in [1.807, 2.05) is 38.1 Å². The van der Waals surface area contributed by atoms with Crippen molar-refractivity contribution in [1.82, 2.24) is 10.6 Å². The molecular weight excluding hydrogens is 300 g/mol. The summed E-state index contributed by atoms with van der Waals surface area (Å²) in [5.41, 5.74) is 0.945. The van der Waals surface area contributed by atoms with Crippen LogP contribution in [0.2, 0.25) is 0 Å². The van der Waals surface area contributed by atoms with Crippen molar-refractivity contribution in [3.05, 3.63) is 29.8 Å². The van der Waals surface area contributed by atoms with Crippen LogP contribution < -0.4 is 15.4 Å². The van der Waals surface area contributed by atoms with E-state index in [9.17, 15) is 4.79 Å². The van der Waals surface area contributed by atoms with Gasteiger partial charge in [-0.25, -0.2) is 0 Å². The van der Waals surface area contributed by atoms with Gasteiger partial charge in [0.15, 0.2) is 0 Å². The number of halogens is 1. The van der Waals surface area contributed by atoms with Crippen LogP contribution in [0.4, 0.5) is 0 Å². The van der Waals surface area contributed by atoms with E-state index in [-0.39, 0.29) is 30.5 Å². The Kier molecular flexibility index (Phi) is 7.69. The molecule has 1 amide bonds. The number of rotatable bonds is 5. The molecule has 1 heterocycles. The van der Waals surface area contributed by atoms with Gasteiger partial charge in [0, 0.05) is 17.6 Å². The van der Waals surface area contributed by atoms with Crippen molar-refractivity contribution >= 4 is 18.3 Å². The third-order valence-electron chi connectivity index (χ3n) is 3.79. The van der Waals surface area contributed by atoms with Crippen molar-refractivity contribution in [2.24, 2.45) is 0 Å². The second-order valence-corrected chi connectivity index (χ2v) is 6.01. The highest BCUT2D eigenvalue weighted by molar-refractivity contribution is 5.85. The van der Waals surface area contributed by atoms with Crippen LogP contribution >= 0.6 is 12.4 Å². The number of benzene rings is 1. The molecule has 22 heavy (non-hydrogen) atoms. The molecule has 1 aromatic carbocycles. The van der Waals surface area contributed by atoms with Gasteiger partial charge in [0.1, 0.15) is 5.75 Å². The van der Waals surface area contributed by atoms with Crippen LogP contribution in [0.5, 0.6) is 5.75 Å². The van der Waals surface area contributed by atoms with Gasteiger partial charge in [-0.05, 0) is 46.2 Å². The van der Waals surface area contributed by atoms with E-state index in [4.69, 9.17) is 4.74 Å². The second kappa shape index (κ2) is 9.01. The first-order valence-electron chi connectivity index (χ1n) is 7.83. The van der Waals surface area contributed by atoms with Crippen LogP contribution in [-0.4, -0.2) is 30.6 Å². The van der Waals surface area contributed by atoms with Gasteiger partial charge in [0.2, 0.25) is 5.91 Å². The lowest BCUT2D eigenvalue weighted by Crippen LogP contribution is -2.52. The zero-order valence-corrected chi connectivity index (χ0v) is 14.4. The highest BCUT2D eigenvalue weighted by Crippen LogP contribution is 2.20. The highest BCUT2D eigenvalue weighted by atomic mass is 35.5. The van der Waals surface area contributed by atoms with E-state index in [0.29, 0.717) is 12.5 Å². The van der Waals surface area contributed by atoms with Gasteiger partial charge in [-0.15, -0.1) is 12.4 Å². The van der Waals surface area contributed by atoms with Gasteiger partial charge in [-0.1, -0.05) is 18.2 Å². The lowest BCUT2D eigenvalue weighted by Gasteiger charge is -2.30. The third-order valence-corrected chi connectivity index (χ3v) is 3.79. The van der Waals surface area contributed by atoms with E-state index >= 15 is 0 Å². The Labute approximate surface area is 139 Å². The minimum atomic E-state index is 0. The summed E-state index contributed by atoms with van der Waals surface area (Å²) < 4.78 is 5.76. The Hall–Kier alpha value is -1.26. The number of carbonyl (C=O) groups excluding carboxylic acids is 1. The number of carbonyl (C=O) groups is 1. The molecule has 1 aliphatic heterocycles.